The van der Waals surface area contributed by atoms with Gasteiger partial charge in [0.15, 0.2) is 0 Å². The fourth-order valence-electron chi connectivity index (χ4n) is 1.58. The van der Waals surface area contributed by atoms with Crippen LogP contribution in [0.4, 0.5) is 0 Å². The lowest BCUT2D eigenvalue weighted by molar-refractivity contribution is 0.730. The molecule has 17 heavy (non-hydrogen) atoms. The van der Waals surface area contributed by atoms with E-state index < -0.39 is 0 Å². The summed E-state index contributed by atoms with van der Waals surface area (Å²) in [5.74, 6) is 0. The zero-order chi connectivity index (χ0) is 12.4. The van der Waals surface area contributed by atoms with Gasteiger partial charge < -0.3 is 5.73 Å². The van der Waals surface area contributed by atoms with E-state index in [-0.39, 0.29) is 6.04 Å². The minimum atomic E-state index is -0.133. The van der Waals surface area contributed by atoms with E-state index in [2.05, 4.69) is 15.9 Å². The van der Waals surface area contributed by atoms with Crippen LogP contribution in [0.1, 0.15) is 16.5 Å². The molecule has 0 fully saturated rings. The summed E-state index contributed by atoms with van der Waals surface area (Å²) in [4.78, 5) is 1.10. The molecule has 0 radical (unpaired) electrons. The van der Waals surface area contributed by atoms with E-state index in [1.54, 1.807) is 11.3 Å². The van der Waals surface area contributed by atoms with Gasteiger partial charge in [0.25, 0.3) is 0 Å². The third kappa shape index (κ3) is 3.24. The molecule has 1 aromatic heterocycles. The number of nitrogens with two attached hydrogens (primary N) is 1. The van der Waals surface area contributed by atoms with Gasteiger partial charge in [0.05, 0.1) is 5.02 Å². The van der Waals surface area contributed by atoms with Crippen LogP contribution in [-0.4, -0.2) is 0 Å². The second-order valence-corrected chi connectivity index (χ2v) is 6.40. The van der Waals surface area contributed by atoms with Crippen molar-refractivity contribution >= 4 is 50.5 Å². The van der Waals surface area contributed by atoms with Crippen LogP contribution < -0.4 is 5.73 Å². The van der Waals surface area contributed by atoms with E-state index in [9.17, 15) is 0 Å². The maximum absolute atomic E-state index is 6.16. The molecule has 0 aliphatic heterocycles. The molecule has 0 aliphatic rings. The molecule has 2 aromatic rings. The van der Waals surface area contributed by atoms with Gasteiger partial charge in [-0.15, -0.1) is 11.3 Å². The number of halogens is 3. The van der Waals surface area contributed by atoms with E-state index in [0.29, 0.717) is 11.4 Å². The van der Waals surface area contributed by atoms with Crippen LogP contribution in [-0.2, 0) is 6.42 Å². The highest BCUT2D eigenvalue weighted by atomic mass is 79.9. The van der Waals surface area contributed by atoms with Gasteiger partial charge in [0.1, 0.15) is 0 Å². The number of hydrogen-bond donors (Lipinski definition) is 1. The van der Waals surface area contributed by atoms with Gasteiger partial charge in [0.2, 0.25) is 0 Å². The Kier molecular flexibility index (Phi) is 4.50. The molecule has 0 aliphatic carbocycles. The largest absolute Gasteiger partial charge is 0.324 e. The van der Waals surface area contributed by atoms with Crippen molar-refractivity contribution in [1.29, 1.82) is 0 Å². The quantitative estimate of drug-likeness (QED) is 0.822. The van der Waals surface area contributed by atoms with Crippen molar-refractivity contribution in [1.82, 2.24) is 0 Å². The van der Waals surface area contributed by atoms with E-state index in [1.807, 2.05) is 29.6 Å². The predicted molar refractivity (Wildman–Crippen MR) is 79.1 cm³/mol. The Bertz CT molecular complexity index is 527. The van der Waals surface area contributed by atoms with Crippen molar-refractivity contribution in [2.24, 2.45) is 5.73 Å². The minimum absolute atomic E-state index is 0.133. The first-order valence-corrected chi connectivity index (χ1v) is 7.43. The van der Waals surface area contributed by atoms with E-state index in [1.165, 1.54) is 0 Å². The molecule has 5 heteroatoms. The van der Waals surface area contributed by atoms with Crippen molar-refractivity contribution in [3.8, 4) is 0 Å². The molecule has 1 aromatic carbocycles. The number of rotatable bonds is 3. The summed E-state index contributed by atoms with van der Waals surface area (Å²) < 4.78 is 0.951. The van der Waals surface area contributed by atoms with E-state index in [0.717, 1.165) is 19.9 Å². The Morgan fingerprint density at radius 2 is 2.00 bits per heavy atom. The number of benzene rings is 1. The normalized spacial score (nSPS) is 12.7. The predicted octanol–water partition coefficient (Wildman–Crippen LogP) is 5.06. The van der Waals surface area contributed by atoms with Crippen molar-refractivity contribution in [2.75, 3.05) is 0 Å². The van der Waals surface area contributed by atoms with E-state index in [4.69, 9.17) is 28.9 Å². The fourth-order valence-corrected chi connectivity index (χ4v) is 3.57. The molecule has 0 saturated heterocycles. The van der Waals surface area contributed by atoms with Crippen LogP contribution in [0.5, 0.6) is 0 Å². The van der Waals surface area contributed by atoms with Crippen LogP contribution in [0.15, 0.2) is 34.1 Å². The van der Waals surface area contributed by atoms with Crippen LogP contribution in [0.3, 0.4) is 0 Å². The highest BCUT2D eigenvalue weighted by Gasteiger charge is 2.13. The zero-order valence-electron chi connectivity index (χ0n) is 8.79. The third-order valence-corrected chi connectivity index (χ3v) is 4.69. The first-order chi connectivity index (χ1) is 8.08. The average Bonchev–Trinajstić information content (AvgIpc) is 2.64. The summed E-state index contributed by atoms with van der Waals surface area (Å²) in [7, 11) is 0. The topological polar surface area (TPSA) is 26.0 Å². The van der Waals surface area contributed by atoms with Gasteiger partial charge in [-0.1, -0.05) is 45.2 Å². The maximum atomic E-state index is 6.16. The van der Waals surface area contributed by atoms with Crippen molar-refractivity contribution in [3.63, 3.8) is 0 Å². The molecule has 0 spiro atoms. The number of hydrogen-bond acceptors (Lipinski definition) is 2. The molecule has 1 heterocycles. The van der Waals surface area contributed by atoms with Crippen LogP contribution in [0, 0.1) is 0 Å². The minimum Gasteiger partial charge on any atom is -0.324 e. The fraction of sp³-hybridized carbons (Fsp3) is 0.167. The van der Waals surface area contributed by atoms with Gasteiger partial charge in [-0.3, -0.25) is 0 Å². The maximum Gasteiger partial charge on any atom is 0.0545 e. The summed E-state index contributed by atoms with van der Waals surface area (Å²) in [6, 6.07) is 7.49. The lowest BCUT2D eigenvalue weighted by Crippen LogP contribution is -2.13. The summed E-state index contributed by atoms with van der Waals surface area (Å²) >= 11 is 17.2. The van der Waals surface area contributed by atoms with Gasteiger partial charge in [0, 0.05) is 26.8 Å². The van der Waals surface area contributed by atoms with Gasteiger partial charge in [-0.2, -0.15) is 0 Å². The molecule has 2 rings (SSSR count). The Labute approximate surface area is 123 Å². The monoisotopic (exact) mass is 349 g/mol. The summed E-state index contributed by atoms with van der Waals surface area (Å²) in [5, 5.41) is 3.42. The lowest BCUT2D eigenvalue weighted by Gasteiger charge is -2.13. The SMILES string of the molecule is NC(Cc1sccc1Cl)c1ccc(Br)cc1Cl. The zero-order valence-corrected chi connectivity index (χ0v) is 12.7. The standard InChI is InChI=1S/C12H10BrCl2NS/c13-7-1-2-8(10(15)5-7)11(16)6-12-9(14)3-4-17-12/h1-5,11H,6,16H2. The molecule has 1 unspecified atom stereocenters. The van der Waals surface area contributed by atoms with Crippen molar-refractivity contribution in [2.45, 2.75) is 12.5 Å². The summed E-state index contributed by atoms with van der Waals surface area (Å²) in [6.07, 6.45) is 0.706. The second-order valence-electron chi connectivity index (χ2n) is 3.67. The van der Waals surface area contributed by atoms with Crippen LogP contribution >= 0.6 is 50.5 Å². The van der Waals surface area contributed by atoms with Crippen molar-refractivity contribution < 1.29 is 0 Å². The Morgan fingerprint density at radius 3 is 2.59 bits per heavy atom. The molecule has 90 valence electrons. The summed E-state index contributed by atoms with van der Waals surface area (Å²) in [5.41, 5.74) is 7.10. The first kappa shape index (κ1) is 13.4. The first-order valence-electron chi connectivity index (χ1n) is 5.00. The molecule has 0 amide bonds. The molecule has 2 N–H and O–H groups in total. The van der Waals surface area contributed by atoms with Crippen molar-refractivity contribution in [3.05, 3.63) is 54.6 Å². The van der Waals surface area contributed by atoms with Gasteiger partial charge in [-0.25, -0.2) is 0 Å². The Balaban J connectivity index is 2.20. The Morgan fingerprint density at radius 1 is 1.24 bits per heavy atom. The highest BCUT2D eigenvalue weighted by Crippen LogP contribution is 2.30. The van der Waals surface area contributed by atoms with Crippen LogP contribution in [0.25, 0.3) is 0 Å². The molecule has 1 atom stereocenters. The smallest absolute Gasteiger partial charge is 0.0545 e. The van der Waals surface area contributed by atoms with E-state index >= 15 is 0 Å². The van der Waals surface area contributed by atoms with Crippen LogP contribution in [0.2, 0.25) is 10.0 Å². The molecule has 1 nitrogen and oxygen atoms in total. The molecule has 0 saturated carbocycles. The highest BCUT2D eigenvalue weighted by molar-refractivity contribution is 9.10. The molecular weight excluding hydrogens is 341 g/mol. The number of thiophene rings is 1. The third-order valence-electron chi connectivity index (χ3n) is 2.46. The molecular formula is C12H10BrCl2NS. The lowest BCUT2D eigenvalue weighted by atomic mass is 10.0. The summed E-state index contributed by atoms with van der Waals surface area (Å²) in [6.45, 7) is 0. The average molecular weight is 351 g/mol. The molecule has 0 bridgehead atoms. The van der Waals surface area contributed by atoms with Gasteiger partial charge in [-0.05, 0) is 29.1 Å². The van der Waals surface area contributed by atoms with Gasteiger partial charge >= 0.3 is 0 Å². The Hall–Kier alpha value is -0.0600. The second kappa shape index (κ2) is 5.72.